The third kappa shape index (κ3) is 6.59. The van der Waals surface area contributed by atoms with Crippen molar-refractivity contribution in [1.29, 1.82) is 0 Å². The molecule has 0 aliphatic heterocycles. The summed E-state index contributed by atoms with van der Waals surface area (Å²) in [6, 6.07) is 0.345. The molecule has 0 aromatic carbocycles. The number of unbranched alkanes of at least 4 members (excludes halogenated alkanes) is 1. The Morgan fingerprint density at radius 3 is 2.73 bits per heavy atom. The van der Waals surface area contributed by atoms with Crippen LogP contribution in [0.4, 0.5) is 0 Å². The van der Waals surface area contributed by atoms with E-state index in [2.05, 4.69) is 41.8 Å². The Labute approximate surface area is 82.3 Å². The molecule has 0 saturated heterocycles. The average molecular weight is 269 g/mol. The number of amides is 1. The van der Waals surface area contributed by atoms with Crippen LogP contribution in [-0.2, 0) is 4.79 Å². The van der Waals surface area contributed by atoms with Gasteiger partial charge in [-0.3, -0.25) is 4.79 Å². The van der Waals surface area contributed by atoms with Crippen LogP contribution in [-0.4, -0.2) is 16.4 Å². The summed E-state index contributed by atoms with van der Waals surface area (Å²) in [6.45, 7) is 4.22. The zero-order valence-electron chi connectivity index (χ0n) is 7.19. The van der Waals surface area contributed by atoms with E-state index < -0.39 is 0 Å². The van der Waals surface area contributed by atoms with Gasteiger partial charge in [0.1, 0.15) is 0 Å². The molecule has 0 aliphatic carbocycles. The summed E-state index contributed by atoms with van der Waals surface area (Å²) < 4.78 is 0.564. The Morgan fingerprint density at radius 2 is 2.27 bits per heavy atom. The van der Waals surface area contributed by atoms with Gasteiger partial charge in [0.25, 0.3) is 0 Å². The molecule has 0 aromatic rings. The van der Waals surface area contributed by atoms with Gasteiger partial charge in [-0.25, -0.2) is 0 Å². The van der Waals surface area contributed by atoms with Crippen LogP contribution in [0.15, 0.2) is 0 Å². The molecule has 11 heavy (non-hydrogen) atoms. The molecule has 1 N–H and O–H groups in total. The normalized spacial score (nSPS) is 12.6. The summed E-state index contributed by atoms with van der Waals surface area (Å²) in [4.78, 5) is 10.9. The minimum absolute atomic E-state index is 0.147. The average Bonchev–Trinajstić information content (AvgIpc) is 2.00. The van der Waals surface area contributed by atoms with Crippen molar-refractivity contribution in [2.75, 3.05) is 4.43 Å². The number of nitrogens with one attached hydrogen (secondary N) is 1. The van der Waals surface area contributed by atoms with Gasteiger partial charge in [-0.05, 0) is 13.3 Å². The van der Waals surface area contributed by atoms with E-state index in [1.54, 1.807) is 0 Å². The number of hydrogen-bond donors (Lipinski definition) is 1. The molecule has 0 spiro atoms. The highest BCUT2D eigenvalue weighted by Crippen LogP contribution is 1.99. The topological polar surface area (TPSA) is 29.1 Å². The maximum absolute atomic E-state index is 10.9. The smallest absolute Gasteiger partial charge is 0.230 e. The largest absolute Gasteiger partial charge is 0.353 e. The fourth-order valence-electron chi connectivity index (χ4n) is 0.896. The summed E-state index contributed by atoms with van der Waals surface area (Å²) in [5, 5.41) is 2.92. The molecule has 66 valence electrons. The fourth-order valence-corrected chi connectivity index (χ4v) is 1.12. The van der Waals surface area contributed by atoms with Crippen LogP contribution in [0.5, 0.6) is 0 Å². The number of halogens is 1. The van der Waals surface area contributed by atoms with Crippen molar-refractivity contribution in [3.8, 4) is 0 Å². The first-order valence-corrected chi connectivity index (χ1v) is 5.58. The van der Waals surface area contributed by atoms with Gasteiger partial charge in [-0.15, -0.1) is 0 Å². The van der Waals surface area contributed by atoms with Crippen LogP contribution in [0.2, 0.25) is 0 Å². The third-order valence-electron chi connectivity index (χ3n) is 1.52. The van der Waals surface area contributed by atoms with E-state index in [1.165, 1.54) is 12.8 Å². The Balaban J connectivity index is 3.35. The van der Waals surface area contributed by atoms with Crippen molar-refractivity contribution >= 4 is 28.5 Å². The van der Waals surface area contributed by atoms with Crippen LogP contribution >= 0.6 is 22.6 Å². The highest BCUT2D eigenvalue weighted by atomic mass is 127. The third-order valence-corrected chi connectivity index (χ3v) is 2.21. The lowest BCUT2D eigenvalue weighted by Gasteiger charge is -2.11. The maximum atomic E-state index is 10.9. The lowest BCUT2D eigenvalue weighted by Crippen LogP contribution is -2.33. The molecule has 1 atom stereocenters. The molecule has 1 unspecified atom stereocenters. The van der Waals surface area contributed by atoms with E-state index in [0.717, 1.165) is 6.42 Å². The molecular weight excluding hydrogens is 253 g/mol. The lowest BCUT2D eigenvalue weighted by atomic mass is 10.1. The monoisotopic (exact) mass is 269 g/mol. The molecule has 0 aliphatic rings. The van der Waals surface area contributed by atoms with E-state index in [0.29, 0.717) is 10.5 Å². The summed E-state index contributed by atoms with van der Waals surface area (Å²) in [7, 11) is 0. The zero-order valence-corrected chi connectivity index (χ0v) is 9.35. The molecule has 0 bridgehead atoms. The second kappa shape index (κ2) is 6.88. The first kappa shape index (κ1) is 11.2. The fraction of sp³-hybridized carbons (Fsp3) is 0.875. The molecule has 0 aromatic heterocycles. The number of carbonyl (C=O) groups excluding carboxylic acids is 1. The summed E-state index contributed by atoms with van der Waals surface area (Å²) in [5.41, 5.74) is 0. The maximum Gasteiger partial charge on any atom is 0.230 e. The van der Waals surface area contributed by atoms with Crippen LogP contribution < -0.4 is 5.32 Å². The van der Waals surface area contributed by atoms with Gasteiger partial charge in [0.15, 0.2) is 0 Å². The van der Waals surface area contributed by atoms with E-state index in [9.17, 15) is 4.79 Å². The highest BCUT2D eigenvalue weighted by Gasteiger charge is 2.03. The summed E-state index contributed by atoms with van der Waals surface area (Å²) in [5.74, 6) is 0.147. The van der Waals surface area contributed by atoms with Gasteiger partial charge < -0.3 is 5.32 Å². The first-order chi connectivity index (χ1) is 5.20. The minimum atomic E-state index is 0.147. The van der Waals surface area contributed by atoms with Gasteiger partial charge in [0, 0.05) is 6.04 Å². The standard InChI is InChI=1S/C8H16INO/c1-3-4-5-7(2)10-8(11)6-9/h7H,3-6H2,1-2H3,(H,10,11). The molecule has 0 heterocycles. The van der Waals surface area contributed by atoms with Crippen molar-refractivity contribution in [3.63, 3.8) is 0 Å². The van der Waals surface area contributed by atoms with Gasteiger partial charge in [0.2, 0.25) is 5.91 Å². The molecule has 2 nitrogen and oxygen atoms in total. The van der Waals surface area contributed by atoms with Crippen molar-refractivity contribution in [1.82, 2.24) is 5.32 Å². The Hall–Kier alpha value is 0.200. The van der Waals surface area contributed by atoms with Gasteiger partial charge in [-0.1, -0.05) is 42.4 Å². The van der Waals surface area contributed by atoms with E-state index >= 15 is 0 Å². The summed E-state index contributed by atoms with van der Waals surface area (Å²) >= 11 is 2.07. The number of hydrogen-bond acceptors (Lipinski definition) is 1. The van der Waals surface area contributed by atoms with Crippen molar-refractivity contribution < 1.29 is 4.79 Å². The second-order valence-electron chi connectivity index (χ2n) is 2.74. The molecule has 1 amide bonds. The van der Waals surface area contributed by atoms with E-state index in [4.69, 9.17) is 0 Å². The SMILES string of the molecule is CCCCC(C)NC(=O)CI. The predicted octanol–water partition coefficient (Wildman–Crippen LogP) is 2.12. The van der Waals surface area contributed by atoms with Crippen LogP contribution in [0.3, 0.4) is 0 Å². The molecular formula is C8H16INO. The van der Waals surface area contributed by atoms with Gasteiger partial charge in [-0.2, -0.15) is 0 Å². The molecule has 0 saturated carbocycles. The van der Waals surface area contributed by atoms with Crippen molar-refractivity contribution in [3.05, 3.63) is 0 Å². The zero-order chi connectivity index (χ0) is 8.69. The molecule has 3 heteroatoms. The minimum Gasteiger partial charge on any atom is -0.353 e. The Bertz CT molecular complexity index is 117. The number of alkyl halides is 1. The van der Waals surface area contributed by atoms with Crippen molar-refractivity contribution in [2.45, 2.75) is 39.2 Å². The lowest BCUT2D eigenvalue weighted by molar-refractivity contribution is -0.118. The van der Waals surface area contributed by atoms with Gasteiger partial charge in [0.05, 0.1) is 4.43 Å². The quantitative estimate of drug-likeness (QED) is 0.601. The van der Waals surface area contributed by atoms with E-state index in [-0.39, 0.29) is 5.91 Å². The van der Waals surface area contributed by atoms with E-state index in [1.807, 2.05) is 0 Å². The highest BCUT2D eigenvalue weighted by molar-refractivity contribution is 14.1. The number of rotatable bonds is 5. The first-order valence-electron chi connectivity index (χ1n) is 4.06. The molecule has 0 rings (SSSR count). The predicted molar refractivity (Wildman–Crippen MR) is 56.0 cm³/mol. The molecule has 0 radical (unpaired) electrons. The van der Waals surface area contributed by atoms with Crippen LogP contribution in [0, 0.1) is 0 Å². The van der Waals surface area contributed by atoms with Crippen LogP contribution in [0.1, 0.15) is 33.1 Å². The number of carbonyl (C=O) groups is 1. The van der Waals surface area contributed by atoms with Crippen LogP contribution in [0.25, 0.3) is 0 Å². The van der Waals surface area contributed by atoms with Crippen molar-refractivity contribution in [2.24, 2.45) is 0 Å². The van der Waals surface area contributed by atoms with Gasteiger partial charge >= 0.3 is 0 Å². The Morgan fingerprint density at radius 1 is 1.64 bits per heavy atom. The second-order valence-corrected chi connectivity index (χ2v) is 3.51. The summed E-state index contributed by atoms with van der Waals surface area (Å²) in [6.07, 6.45) is 3.49. The Kier molecular flexibility index (Phi) is 7.01. The molecule has 0 fully saturated rings.